The van der Waals surface area contributed by atoms with Crippen LogP contribution in [0.1, 0.15) is 5.56 Å². The van der Waals surface area contributed by atoms with Crippen LogP contribution in [0.3, 0.4) is 0 Å². The molecule has 1 aliphatic heterocycles. The van der Waals surface area contributed by atoms with Crippen LogP contribution in [0.4, 0.5) is 0 Å². The molecule has 2 aromatic carbocycles. The van der Waals surface area contributed by atoms with Gasteiger partial charge >= 0.3 is 11.9 Å². The molecule has 1 saturated heterocycles. The van der Waals surface area contributed by atoms with Crippen molar-refractivity contribution in [2.24, 2.45) is 0 Å². The van der Waals surface area contributed by atoms with Crippen LogP contribution < -0.4 is 4.74 Å². The summed E-state index contributed by atoms with van der Waals surface area (Å²) < 4.78 is 11.7. The van der Waals surface area contributed by atoms with Gasteiger partial charge in [-0.25, -0.2) is 9.59 Å². The summed E-state index contributed by atoms with van der Waals surface area (Å²) in [5, 5.41) is 14.8. The largest absolute Gasteiger partial charge is 0.486 e. The smallest absolute Gasteiger partial charge is 0.414 e. The molecule has 2 atom stereocenters. The monoisotopic (exact) mass is 373 g/mol. The minimum Gasteiger partial charge on any atom is -0.486 e. The van der Waals surface area contributed by atoms with Gasteiger partial charge < -0.3 is 19.7 Å². The molecule has 1 aliphatic rings. The third kappa shape index (κ3) is 6.73. The van der Waals surface area contributed by atoms with Gasteiger partial charge in [0.05, 0.1) is 0 Å². The highest BCUT2D eigenvalue weighted by molar-refractivity contribution is 6.27. The standard InChI is InChI=1S/C18H21NO2.C2H2O4/c1-20-17-13-19(12-15-8-4-2-5-9-15)14-18(17)21-16-10-6-3-7-11-16;3-1(4)2(5)6/h2-11,17-18H,12-14H2,1H3;(H,3,4)(H,5,6)/t17-,18-;/m1./s1. The maximum Gasteiger partial charge on any atom is 0.414 e. The van der Waals surface area contributed by atoms with Gasteiger partial charge in [0.15, 0.2) is 0 Å². The van der Waals surface area contributed by atoms with E-state index in [1.807, 2.05) is 36.4 Å². The number of ether oxygens (including phenoxy) is 2. The van der Waals surface area contributed by atoms with Crippen LogP contribution in [0, 0.1) is 0 Å². The number of rotatable bonds is 5. The van der Waals surface area contributed by atoms with Gasteiger partial charge in [-0.15, -0.1) is 0 Å². The average molecular weight is 373 g/mol. The molecule has 1 heterocycles. The zero-order valence-corrected chi connectivity index (χ0v) is 15.0. The molecule has 0 aromatic heterocycles. The summed E-state index contributed by atoms with van der Waals surface area (Å²) in [5.74, 6) is -2.74. The summed E-state index contributed by atoms with van der Waals surface area (Å²) >= 11 is 0. The maximum absolute atomic E-state index is 9.10. The second kappa shape index (κ2) is 10.3. The fourth-order valence-electron chi connectivity index (χ4n) is 2.80. The van der Waals surface area contributed by atoms with E-state index in [1.165, 1.54) is 5.56 Å². The lowest BCUT2D eigenvalue weighted by Crippen LogP contribution is -2.31. The van der Waals surface area contributed by atoms with E-state index < -0.39 is 11.9 Å². The maximum atomic E-state index is 9.10. The number of carbonyl (C=O) groups is 2. The van der Waals surface area contributed by atoms with Gasteiger partial charge in [0, 0.05) is 26.7 Å². The third-order valence-corrected chi connectivity index (χ3v) is 4.06. The molecule has 3 rings (SSSR count). The number of aliphatic carboxylic acids is 2. The number of methoxy groups -OCH3 is 1. The highest BCUT2D eigenvalue weighted by atomic mass is 16.5. The number of benzene rings is 2. The first kappa shape index (κ1) is 20.4. The van der Waals surface area contributed by atoms with Gasteiger partial charge in [0.25, 0.3) is 0 Å². The summed E-state index contributed by atoms with van der Waals surface area (Å²) in [7, 11) is 1.76. The van der Waals surface area contributed by atoms with E-state index in [2.05, 4.69) is 29.2 Å². The molecule has 2 N–H and O–H groups in total. The van der Waals surface area contributed by atoms with E-state index in [0.29, 0.717) is 0 Å². The molecule has 1 fully saturated rings. The number of hydrogen-bond acceptors (Lipinski definition) is 5. The zero-order valence-electron chi connectivity index (χ0n) is 15.0. The van der Waals surface area contributed by atoms with Crippen molar-refractivity contribution in [3.8, 4) is 5.75 Å². The molecule has 0 amide bonds. The highest BCUT2D eigenvalue weighted by Crippen LogP contribution is 2.21. The van der Waals surface area contributed by atoms with Crippen molar-refractivity contribution >= 4 is 11.9 Å². The van der Waals surface area contributed by atoms with E-state index in [-0.39, 0.29) is 12.2 Å². The van der Waals surface area contributed by atoms with Gasteiger partial charge in [-0.3, -0.25) is 4.90 Å². The summed E-state index contributed by atoms with van der Waals surface area (Å²) in [6.45, 7) is 2.74. The molecule has 0 unspecified atom stereocenters. The Labute approximate surface area is 157 Å². The number of carboxylic acids is 2. The molecule has 27 heavy (non-hydrogen) atoms. The van der Waals surface area contributed by atoms with Crippen LogP contribution in [-0.2, 0) is 20.9 Å². The Kier molecular flexibility index (Phi) is 7.79. The van der Waals surface area contributed by atoms with E-state index in [4.69, 9.17) is 29.3 Å². The van der Waals surface area contributed by atoms with Crippen molar-refractivity contribution < 1.29 is 29.3 Å². The zero-order chi connectivity index (χ0) is 19.6. The minimum atomic E-state index is -1.82. The summed E-state index contributed by atoms with van der Waals surface area (Å²) in [5.41, 5.74) is 1.33. The van der Waals surface area contributed by atoms with E-state index in [0.717, 1.165) is 25.4 Å². The predicted octanol–water partition coefficient (Wildman–Crippen LogP) is 2.12. The lowest BCUT2D eigenvalue weighted by Gasteiger charge is -2.18. The lowest BCUT2D eigenvalue weighted by molar-refractivity contribution is -0.159. The fraction of sp³-hybridized carbons (Fsp3) is 0.300. The fourth-order valence-corrected chi connectivity index (χ4v) is 2.80. The average Bonchev–Trinajstić information content (AvgIpc) is 3.05. The Balaban J connectivity index is 0.000000380. The van der Waals surface area contributed by atoms with Gasteiger partial charge in [0.2, 0.25) is 0 Å². The van der Waals surface area contributed by atoms with Crippen LogP contribution >= 0.6 is 0 Å². The van der Waals surface area contributed by atoms with Crippen LogP contribution in [0.5, 0.6) is 5.75 Å². The summed E-state index contributed by atoms with van der Waals surface area (Å²) in [6.07, 6.45) is 0.204. The van der Waals surface area contributed by atoms with Crippen molar-refractivity contribution in [2.75, 3.05) is 20.2 Å². The SMILES string of the molecule is CO[C@@H]1CN(Cc2ccccc2)C[C@H]1Oc1ccccc1.O=C(O)C(=O)O. The summed E-state index contributed by atoms with van der Waals surface area (Å²) in [6, 6.07) is 20.5. The second-order valence-electron chi connectivity index (χ2n) is 6.03. The lowest BCUT2D eigenvalue weighted by atomic mass is 10.2. The Morgan fingerprint density at radius 1 is 0.926 bits per heavy atom. The molecule has 7 heteroatoms. The number of hydrogen-bond donors (Lipinski definition) is 2. The van der Waals surface area contributed by atoms with Crippen molar-refractivity contribution in [1.82, 2.24) is 4.90 Å². The number of nitrogens with zero attached hydrogens (tertiary/aromatic N) is 1. The van der Waals surface area contributed by atoms with E-state index in [1.54, 1.807) is 7.11 Å². The van der Waals surface area contributed by atoms with Crippen molar-refractivity contribution in [3.63, 3.8) is 0 Å². The molecule has 2 aromatic rings. The third-order valence-electron chi connectivity index (χ3n) is 4.06. The van der Waals surface area contributed by atoms with Crippen molar-refractivity contribution in [3.05, 3.63) is 66.2 Å². The molecule has 7 nitrogen and oxygen atoms in total. The van der Waals surface area contributed by atoms with Crippen molar-refractivity contribution in [2.45, 2.75) is 18.8 Å². The molecule has 0 radical (unpaired) electrons. The molecule has 0 saturated carbocycles. The van der Waals surface area contributed by atoms with Crippen molar-refractivity contribution in [1.29, 1.82) is 0 Å². The molecule has 0 bridgehead atoms. The Morgan fingerprint density at radius 3 is 1.96 bits per heavy atom. The number of carboxylic acid groups (broad SMARTS) is 2. The quantitative estimate of drug-likeness (QED) is 0.775. The van der Waals surface area contributed by atoms with Crippen LogP contribution in [-0.4, -0.2) is 59.5 Å². The van der Waals surface area contributed by atoms with E-state index in [9.17, 15) is 0 Å². The van der Waals surface area contributed by atoms with Crippen LogP contribution in [0.15, 0.2) is 60.7 Å². The van der Waals surface area contributed by atoms with Gasteiger partial charge in [-0.05, 0) is 17.7 Å². The molecular formula is C20H23NO6. The normalized spacial score (nSPS) is 19.0. The molecule has 0 aliphatic carbocycles. The summed E-state index contributed by atoms with van der Waals surface area (Å²) in [4.78, 5) is 20.6. The Hall–Kier alpha value is -2.90. The molecule has 0 spiro atoms. The Morgan fingerprint density at radius 2 is 1.44 bits per heavy atom. The van der Waals surface area contributed by atoms with Gasteiger partial charge in [-0.1, -0.05) is 48.5 Å². The van der Waals surface area contributed by atoms with Crippen LogP contribution in [0.25, 0.3) is 0 Å². The first-order chi connectivity index (χ1) is 13.0. The van der Waals surface area contributed by atoms with E-state index >= 15 is 0 Å². The van der Waals surface area contributed by atoms with Gasteiger partial charge in [-0.2, -0.15) is 0 Å². The van der Waals surface area contributed by atoms with Gasteiger partial charge in [0.1, 0.15) is 18.0 Å². The second-order valence-corrected chi connectivity index (χ2v) is 6.03. The first-order valence-electron chi connectivity index (χ1n) is 8.46. The topological polar surface area (TPSA) is 96.3 Å². The first-order valence-corrected chi connectivity index (χ1v) is 8.46. The number of likely N-dealkylation sites (tertiary alicyclic amines) is 1. The Bertz CT molecular complexity index is 710. The minimum absolute atomic E-state index is 0.0844. The molecule has 144 valence electrons. The predicted molar refractivity (Wildman–Crippen MR) is 98.6 cm³/mol. The number of para-hydroxylation sites is 1. The highest BCUT2D eigenvalue weighted by Gasteiger charge is 2.34. The van der Waals surface area contributed by atoms with Crippen LogP contribution in [0.2, 0.25) is 0 Å². The molecular weight excluding hydrogens is 350 g/mol.